The highest BCUT2D eigenvalue weighted by Gasteiger charge is 2.20. The van der Waals surface area contributed by atoms with Crippen LogP contribution in [0.2, 0.25) is 0 Å². The Hall–Kier alpha value is -3.39. The van der Waals surface area contributed by atoms with Gasteiger partial charge in [0.25, 0.3) is 0 Å². The van der Waals surface area contributed by atoms with Crippen LogP contribution in [0.15, 0.2) is 85.1 Å². The number of rotatable bonds is 1. The molecule has 2 heteroatoms. The van der Waals surface area contributed by atoms with E-state index in [2.05, 4.69) is 72.6 Å². The molecule has 0 saturated carbocycles. The van der Waals surface area contributed by atoms with Crippen LogP contribution in [0.4, 0.5) is 0 Å². The molecule has 0 atom stereocenters. The molecule has 1 aromatic heterocycles. The highest BCUT2D eigenvalue weighted by atomic mass is 16.5. The minimum atomic E-state index is 0.864. The summed E-state index contributed by atoms with van der Waals surface area (Å²) in [6.07, 6.45) is 1.85. The second-order valence-corrected chi connectivity index (χ2v) is 6.57. The topological polar surface area (TPSA) is 22.1 Å². The van der Waals surface area contributed by atoms with Gasteiger partial charge in [0, 0.05) is 22.9 Å². The van der Waals surface area contributed by atoms with Crippen molar-refractivity contribution in [3.63, 3.8) is 0 Å². The molecule has 0 radical (unpaired) electrons. The summed E-state index contributed by atoms with van der Waals surface area (Å²) < 4.78 is 6.35. The number of aromatic nitrogens is 1. The monoisotopic (exact) mass is 335 g/mol. The van der Waals surface area contributed by atoms with Crippen LogP contribution in [0.5, 0.6) is 11.5 Å². The highest BCUT2D eigenvalue weighted by molar-refractivity contribution is 5.91. The third kappa shape index (κ3) is 2.39. The standard InChI is InChI=1S/C24H17NO/c1-16-12-13-25-22(14-16)17-10-11-21-19-7-3-2-6-18(19)20-8-4-5-9-23(20)26-24(21)15-17/h2-15H,1H3. The first-order valence-electron chi connectivity index (χ1n) is 8.73. The number of nitrogens with zero attached hydrogens (tertiary/aromatic N) is 1. The lowest BCUT2D eigenvalue weighted by Gasteiger charge is -2.11. The average Bonchev–Trinajstić information content (AvgIpc) is 2.82. The summed E-state index contributed by atoms with van der Waals surface area (Å²) >= 11 is 0. The van der Waals surface area contributed by atoms with Gasteiger partial charge >= 0.3 is 0 Å². The van der Waals surface area contributed by atoms with E-state index in [-0.39, 0.29) is 0 Å². The van der Waals surface area contributed by atoms with Crippen molar-refractivity contribution in [1.82, 2.24) is 4.98 Å². The van der Waals surface area contributed by atoms with Gasteiger partial charge in [-0.25, -0.2) is 0 Å². The zero-order valence-corrected chi connectivity index (χ0v) is 14.4. The Morgan fingerprint density at radius 3 is 2.12 bits per heavy atom. The first kappa shape index (κ1) is 14.9. The fraction of sp³-hybridized carbons (Fsp3) is 0.0417. The van der Waals surface area contributed by atoms with Crippen molar-refractivity contribution in [2.45, 2.75) is 6.92 Å². The molecule has 4 aromatic rings. The zero-order valence-electron chi connectivity index (χ0n) is 14.4. The van der Waals surface area contributed by atoms with Crippen molar-refractivity contribution < 1.29 is 4.74 Å². The molecule has 0 amide bonds. The van der Waals surface area contributed by atoms with Crippen LogP contribution in [0, 0.1) is 6.92 Å². The Morgan fingerprint density at radius 2 is 1.35 bits per heavy atom. The molecule has 0 spiro atoms. The predicted molar refractivity (Wildman–Crippen MR) is 105 cm³/mol. The van der Waals surface area contributed by atoms with E-state index in [4.69, 9.17) is 4.74 Å². The van der Waals surface area contributed by atoms with Crippen molar-refractivity contribution in [1.29, 1.82) is 0 Å². The molecule has 0 aliphatic carbocycles. The lowest BCUT2D eigenvalue weighted by atomic mass is 9.94. The molecule has 0 bridgehead atoms. The van der Waals surface area contributed by atoms with Gasteiger partial charge in [0.15, 0.2) is 0 Å². The second kappa shape index (κ2) is 5.85. The van der Waals surface area contributed by atoms with Crippen molar-refractivity contribution in [3.8, 4) is 45.0 Å². The smallest absolute Gasteiger partial charge is 0.135 e. The van der Waals surface area contributed by atoms with Crippen molar-refractivity contribution in [2.75, 3.05) is 0 Å². The molecule has 124 valence electrons. The maximum absolute atomic E-state index is 6.35. The summed E-state index contributed by atoms with van der Waals surface area (Å²) in [7, 11) is 0. The summed E-state index contributed by atoms with van der Waals surface area (Å²) in [4.78, 5) is 4.52. The van der Waals surface area contributed by atoms with E-state index in [9.17, 15) is 0 Å². The van der Waals surface area contributed by atoms with Gasteiger partial charge in [-0.15, -0.1) is 0 Å². The van der Waals surface area contributed by atoms with Crippen LogP contribution >= 0.6 is 0 Å². The molecular formula is C24H17NO. The van der Waals surface area contributed by atoms with Crippen LogP contribution in [-0.2, 0) is 0 Å². The number of hydrogen-bond donors (Lipinski definition) is 0. The molecule has 5 rings (SSSR count). The van der Waals surface area contributed by atoms with Gasteiger partial charge < -0.3 is 4.74 Å². The Bertz CT molecular complexity index is 1130. The summed E-state index contributed by atoms with van der Waals surface area (Å²) in [5.74, 6) is 1.75. The quantitative estimate of drug-likeness (QED) is 0.349. The molecule has 0 unspecified atom stereocenters. The lowest BCUT2D eigenvalue weighted by Crippen LogP contribution is -1.89. The van der Waals surface area contributed by atoms with E-state index in [1.807, 2.05) is 24.4 Å². The van der Waals surface area contributed by atoms with Gasteiger partial charge in [0.2, 0.25) is 0 Å². The summed E-state index contributed by atoms with van der Waals surface area (Å²) in [5.41, 5.74) is 7.83. The number of para-hydroxylation sites is 1. The number of fused-ring (bicyclic) bond motifs is 5. The summed E-state index contributed by atoms with van der Waals surface area (Å²) in [6, 6.07) is 27.1. The van der Waals surface area contributed by atoms with Crippen LogP contribution < -0.4 is 4.74 Å². The first-order chi connectivity index (χ1) is 12.8. The number of aryl methyl sites for hydroxylation is 1. The van der Waals surface area contributed by atoms with Crippen LogP contribution in [0.1, 0.15) is 5.56 Å². The molecule has 0 N–H and O–H groups in total. The van der Waals surface area contributed by atoms with E-state index < -0.39 is 0 Å². The molecule has 3 aromatic carbocycles. The number of benzene rings is 3. The zero-order chi connectivity index (χ0) is 17.5. The molecule has 2 heterocycles. The van der Waals surface area contributed by atoms with E-state index in [1.54, 1.807) is 0 Å². The second-order valence-electron chi connectivity index (χ2n) is 6.57. The van der Waals surface area contributed by atoms with Crippen molar-refractivity contribution in [3.05, 3.63) is 90.6 Å². The molecular weight excluding hydrogens is 318 g/mol. The minimum Gasteiger partial charge on any atom is -0.456 e. The van der Waals surface area contributed by atoms with Gasteiger partial charge in [-0.2, -0.15) is 0 Å². The Labute approximate surface area is 152 Å². The van der Waals surface area contributed by atoms with E-state index in [0.717, 1.165) is 33.9 Å². The molecule has 0 fully saturated rings. The van der Waals surface area contributed by atoms with Gasteiger partial charge in [0.1, 0.15) is 11.5 Å². The third-order valence-corrected chi connectivity index (χ3v) is 4.81. The van der Waals surface area contributed by atoms with Gasteiger partial charge in [-0.3, -0.25) is 4.98 Å². The van der Waals surface area contributed by atoms with E-state index in [1.165, 1.54) is 16.7 Å². The SMILES string of the molecule is Cc1ccnc(-c2ccc3c(c2)Oc2ccccc2-c2ccccc2-3)c1. The first-order valence-corrected chi connectivity index (χ1v) is 8.73. The Kier molecular flexibility index (Phi) is 3.36. The van der Waals surface area contributed by atoms with Crippen LogP contribution in [-0.4, -0.2) is 4.98 Å². The number of hydrogen-bond acceptors (Lipinski definition) is 2. The molecule has 2 nitrogen and oxygen atoms in total. The number of pyridine rings is 1. The van der Waals surface area contributed by atoms with Gasteiger partial charge in [-0.1, -0.05) is 48.5 Å². The molecule has 1 aliphatic heterocycles. The predicted octanol–water partition coefficient (Wildman–Crippen LogP) is 6.50. The third-order valence-electron chi connectivity index (χ3n) is 4.81. The van der Waals surface area contributed by atoms with Crippen LogP contribution in [0.25, 0.3) is 33.5 Å². The fourth-order valence-electron chi connectivity index (χ4n) is 3.53. The van der Waals surface area contributed by atoms with Gasteiger partial charge in [-0.05, 0) is 53.9 Å². The van der Waals surface area contributed by atoms with E-state index in [0.29, 0.717) is 0 Å². The molecule has 26 heavy (non-hydrogen) atoms. The van der Waals surface area contributed by atoms with Gasteiger partial charge in [0.05, 0.1) is 5.69 Å². The largest absolute Gasteiger partial charge is 0.456 e. The maximum atomic E-state index is 6.35. The Morgan fingerprint density at radius 1 is 0.654 bits per heavy atom. The van der Waals surface area contributed by atoms with Crippen molar-refractivity contribution in [2.24, 2.45) is 0 Å². The normalized spacial score (nSPS) is 11.6. The maximum Gasteiger partial charge on any atom is 0.135 e. The Balaban J connectivity index is 1.75. The van der Waals surface area contributed by atoms with Crippen molar-refractivity contribution >= 4 is 0 Å². The minimum absolute atomic E-state index is 0.864. The van der Waals surface area contributed by atoms with Crippen LogP contribution in [0.3, 0.4) is 0 Å². The lowest BCUT2D eigenvalue weighted by molar-refractivity contribution is 0.488. The summed E-state index contributed by atoms with van der Waals surface area (Å²) in [6.45, 7) is 2.08. The molecule has 1 aliphatic rings. The van der Waals surface area contributed by atoms with E-state index >= 15 is 0 Å². The number of ether oxygens (including phenoxy) is 1. The fourth-order valence-corrected chi connectivity index (χ4v) is 3.53. The summed E-state index contributed by atoms with van der Waals surface area (Å²) in [5, 5.41) is 0. The average molecular weight is 335 g/mol. The molecule has 0 saturated heterocycles. The highest BCUT2D eigenvalue weighted by Crippen LogP contribution is 2.47.